The van der Waals surface area contributed by atoms with Gasteiger partial charge < -0.3 is 5.32 Å². The second kappa shape index (κ2) is 7.46. The smallest absolute Gasteiger partial charge is 0.0548 e. The zero-order valence-electron chi connectivity index (χ0n) is 12.5. The maximum absolute atomic E-state index is 3.61. The highest BCUT2D eigenvalue weighted by Crippen LogP contribution is 2.23. The van der Waals surface area contributed by atoms with Crippen molar-refractivity contribution >= 4 is 5.69 Å². The molecule has 0 aliphatic carbocycles. The van der Waals surface area contributed by atoms with Gasteiger partial charge >= 0.3 is 0 Å². The van der Waals surface area contributed by atoms with Crippen molar-refractivity contribution in [1.29, 1.82) is 0 Å². The van der Waals surface area contributed by atoms with Crippen LogP contribution in [0.5, 0.6) is 0 Å². The third kappa shape index (κ3) is 3.98. The van der Waals surface area contributed by atoms with Gasteiger partial charge in [0.2, 0.25) is 0 Å². The van der Waals surface area contributed by atoms with Gasteiger partial charge in [0, 0.05) is 5.69 Å². The lowest BCUT2D eigenvalue weighted by Gasteiger charge is -2.20. The minimum absolute atomic E-state index is 0.198. The first-order valence-electron chi connectivity index (χ1n) is 7.65. The molecule has 0 aliphatic heterocycles. The van der Waals surface area contributed by atoms with Crippen LogP contribution in [-0.4, -0.2) is 0 Å². The highest BCUT2D eigenvalue weighted by molar-refractivity contribution is 5.46. The maximum Gasteiger partial charge on any atom is 0.0548 e. The third-order valence-corrected chi connectivity index (χ3v) is 3.69. The SMILES string of the molecule is [CH](Cc1ccccc1)C(Nc1ccccc1)c1ccccc1. The number of rotatable bonds is 6. The first-order chi connectivity index (χ1) is 10.9. The number of hydrogen-bond donors (Lipinski definition) is 1. The van der Waals surface area contributed by atoms with E-state index < -0.39 is 0 Å². The Kier molecular flexibility index (Phi) is 4.88. The molecule has 0 fully saturated rings. The fourth-order valence-corrected chi connectivity index (χ4v) is 2.52. The van der Waals surface area contributed by atoms with Crippen molar-refractivity contribution in [1.82, 2.24) is 0 Å². The zero-order chi connectivity index (χ0) is 15.0. The Morgan fingerprint density at radius 3 is 1.86 bits per heavy atom. The monoisotopic (exact) mass is 286 g/mol. The van der Waals surface area contributed by atoms with Crippen molar-refractivity contribution in [3.05, 3.63) is 109 Å². The molecule has 0 aliphatic rings. The van der Waals surface area contributed by atoms with Crippen LogP contribution in [0.1, 0.15) is 17.2 Å². The molecule has 0 amide bonds. The van der Waals surface area contributed by atoms with Crippen LogP contribution in [0.3, 0.4) is 0 Å². The van der Waals surface area contributed by atoms with Crippen molar-refractivity contribution in [2.45, 2.75) is 12.5 Å². The number of anilines is 1. The van der Waals surface area contributed by atoms with Gasteiger partial charge in [0.25, 0.3) is 0 Å². The molecule has 1 atom stereocenters. The van der Waals surface area contributed by atoms with Gasteiger partial charge in [0.1, 0.15) is 0 Å². The van der Waals surface area contributed by atoms with Crippen LogP contribution in [0.25, 0.3) is 0 Å². The van der Waals surface area contributed by atoms with E-state index in [0.29, 0.717) is 0 Å². The number of nitrogens with one attached hydrogen (secondary N) is 1. The van der Waals surface area contributed by atoms with E-state index in [-0.39, 0.29) is 6.04 Å². The molecule has 22 heavy (non-hydrogen) atoms. The fraction of sp³-hybridized carbons (Fsp3) is 0.0952. The average Bonchev–Trinajstić information content (AvgIpc) is 2.61. The van der Waals surface area contributed by atoms with Crippen LogP contribution >= 0.6 is 0 Å². The summed E-state index contributed by atoms with van der Waals surface area (Å²) in [4.78, 5) is 0. The van der Waals surface area contributed by atoms with Gasteiger partial charge in [0.15, 0.2) is 0 Å². The van der Waals surface area contributed by atoms with Crippen LogP contribution in [0, 0.1) is 6.42 Å². The lowest BCUT2D eigenvalue weighted by molar-refractivity contribution is 0.858. The van der Waals surface area contributed by atoms with E-state index >= 15 is 0 Å². The Morgan fingerprint density at radius 1 is 0.682 bits per heavy atom. The van der Waals surface area contributed by atoms with Crippen LogP contribution in [-0.2, 0) is 6.42 Å². The van der Waals surface area contributed by atoms with Gasteiger partial charge in [-0.2, -0.15) is 0 Å². The predicted octanol–water partition coefficient (Wildman–Crippen LogP) is 5.29. The van der Waals surface area contributed by atoms with Crippen molar-refractivity contribution in [3.63, 3.8) is 0 Å². The van der Waals surface area contributed by atoms with Gasteiger partial charge in [0.05, 0.1) is 6.04 Å². The molecule has 3 aromatic carbocycles. The van der Waals surface area contributed by atoms with Crippen molar-refractivity contribution in [2.75, 3.05) is 5.32 Å². The lowest BCUT2D eigenvalue weighted by atomic mass is 9.98. The lowest BCUT2D eigenvalue weighted by Crippen LogP contribution is -2.12. The molecule has 3 aromatic rings. The topological polar surface area (TPSA) is 12.0 Å². The number of para-hydroxylation sites is 1. The van der Waals surface area contributed by atoms with Gasteiger partial charge in [-0.1, -0.05) is 78.9 Å². The quantitative estimate of drug-likeness (QED) is 0.649. The summed E-state index contributed by atoms with van der Waals surface area (Å²) < 4.78 is 0. The van der Waals surface area contributed by atoms with E-state index in [0.717, 1.165) is 12.1 Å². The van der Waals surface area contributed by atoms with Crippen LogP contribution in [0.2, 0.25) is 0 Å². The summed E-state index contributed by atoms with van der Waals surface area (Å²) in [6.07, 6.45) is 3.28. The normalized spacial score (nSPS) is 11.8. The fourth-order valence-electron chi connectivity index (χ4n) is 2.52. The third-order valence-electron chi connectivity index (χ3n) is 3.69. The zero-order valence-corrected chi connectivity index (χ0v) is 12.5. The summed E-state index contributed by atoms with van der Waals surface area (Å²) in [7, 11) is 0. The van der Waals surface area contributed by atoms with Crippen LogP contribution in [0.15, 0.2) is 91.0 Å². The van der Waals surface area contributed by atoms with Gasteiger partial charge in [-0.25, -0.2) is 0 Å². The maximum atomic E-state index is 3.61. The minimum atomic E-state index is 0.198. The first kappa shape index (κ1) is 14.4. The molecule has 3 rings (SSSR count). The molecule has 0 bridgehead atoms. The van der Waals surface area contributed by atoms with E-state index in [1.165, 1.54) is 11.1 Å². The molecule has 0 spiro atoms. The summed E-state index contributed by atoms with van der Waals surface area (Å²) in [5.41, 5.74) is 3.75. The van der Waals surface area contributed by atoms with Gasteiger partial charge in [-0.3, -0.25) is 0 Å². The molecule has 1 heteroatoms. The van der Waals surface area contributed by atoms with E-state index in [1.54, 1.807) is 0 Å². The Balaban J connectivity index is 1.74. The van der Waals surface area contributed by atoms with E-state index in [2.05, 4.69) is 96.7 Å². The van der Waals surface area contributed by atoms with Gasteiger partial charge in [-0.05, 0) is 36.1 Å². The summed E-state index contributed by atoms with van der Waals surface area (Å²) in [6.45, 7) is 0. The molecular weight excluding hydrogens is 266 g/mol. The Bertz CT molecular complexity index is 662. The molecule has 0 saturated carbocycles. The van der Waals surface area contributed by atoms with Crippen LogP contribution < -0.4 is 5.32 Å². The molecule has 1 radical (unpaired) electrons. The summed E-state index contributed by atoms with van der Waals surface area (Å²) in [5, 5.41) is 3.61. The second-order valence-corrected chi connectivity index (χ2v) is 5.32. The molecule has 1 nitrogen and oxygen atoms in total. The minimum Gasteiger partial charge on any atom is -0.378 e. The summed E-state index contributed by atoms with van der Waals surface area (Å²) >= 11 is 0. The standard InChI is InChI=1S/C21H20N/c1-4-10-18(11-5-1)16-17-21(19-12-6-2-7-13-19)22-20-14-8-3-9-15-20/h1-15,17,21-22H,16H2. The average molecular weight is 286 g/mol. The van der Waals surface area contributed by atoms with Crippen molar-refractivity contribution in [3.8, 4) is 0 Å². The van der Waals surface area contributed by atoms with E-state index in [9.17, 15) is 0 Å². The molecule has 1 unspecified atom stereocenters. The molecule has 0 saturated heterocycles. The summed E-state index contributed by atoms with van der Waals surface area (Å²) in [5.74, 6) is 0. The molecular formula is C21H20N. The van der Waals surface area contributed by atoms with E-state index in [4.69, 9.17) is 0 Å². The Labute approximate surface area is 132 Å². The predicted molar refractivity (Wildman–Crippen MR) is 93.7 cm³/mol. The van der Waals surface area contributed by atoms with E-state index in [1.807, 2.05) is 6.07 Å². The highest BCUT2D eigenvalue weighted by atomic mass is 14.9. The van der Waals surface area contributed by atoms with Crippen molar-refractivity contribution < 1.29 is 0 Å². The number of hydrogen-bond acceptors (Lipinski definition) is 1. The molecule has 0 heterocycles. The Morgan fingerprint density at radius 2 is 1.23 bits per heavy atom. The molecule has 0 aromatic heterocycles. The second-order valence-electron chi connectivity index (χ2n) is 5.32. The van der Waals surface area contributed by atoms with Gasteiger partial charge in [-0.15, -0.1) is 0 Å². The number of benzene rings is 3. The first-order valence-corrected chi connectivity index (χ1v) is 7.65. The van der Waals surface area contributed by atoms with Crippen LogP contribution in [0.4, 0.5) is 5.69 Å². The Hall–Kier alpha value is -2.54. The van der Waals surface area contributed by atoms with Crippen molar-refractivity contribution in [2.24, 2.45) is 0 Å². The highest BCUT2D eigenvalue weighted by Gasteiger charge is 2.11. The summed E-state index contributed by atoms with van der Waals surface area (Å²) in [6, 6.07) is 31.7. The molecule has 1 N–H and O–H groups in total. The largest absolute Gasteiger partial charge is 0.378 e. The molecule has 109 valence electrons.